The molecule has 1 heteroatoms. The Morgan fingerprint density at radius 2 is 1.60 bits per heavy atom. The first kappa shape index (κ1) is 31.4. The second kappa shape index (κ2) is 12.7. The van der Waals surface area contributed by atoms with Crippen molar-refractivity contribution in [2.75, 3.05) is 11.4 Å². The van der Waals surface area contributed by atoms with E-state index in [2.05, 4.69) is 157 Å². The van der Waals surface area contributed by atoms with Crippen molar-refractivity contribution >= 4 is 22.0 Å². The Hall–Kier alpha value is -3.58. The molecule has 3 aromatic carbocycles. The smallest absolute Gasteiger partial charge is 0.0568 e. The Balaban J connectivity index is 1.19. The molecule has 1 heterocycles. The Morgan fingerprint density at radius 3 is 2.40 bits per heavy atom. The van der Waals surface area contributed by atoms with E-state index in [4.69, 9.17) is 0 Å². The third kappa shape index (κ3) is 5.69. The summed E-state index contributed by atoms with van der Waals surface area (Å²) in [6.45, 7) is 17.7. The predicted molar refractivity (Wildman–Crippen MR) is 197 cm³/mol. The van der Waals surface area contributed by atoms with Crippen LogP contribution in [-0.4, -0.2) is 12.6 Å². The van der Waals surface area contributed by atoms with E-state index in [1.807, 2.05) is 0 Å². The van der Waals surface area contributed by atoms with Gasteiger partial charge in [-0.1, -0.05) is 156 Å². The molecule has 234 valence electrons. The highest BCUT2D eigenvalue weighted by Gasteiger charge is 2.49. The van der Waals surface area contributed by atoms with Crippen LogP contribution < -0.4 is 4.90 Å². The minimum absolute atomic E-state index is 0.00331. The number of hydrogen-bond donors (Lipinski definition) is 0. The van der Waals surface area contributed by atoms with Crippen LogP contribution in [0.1, 0.15) is 103 Å². The minimum Gasteiger partial charge on any atom is -0.364 e. The van der Waals surface area contributed by atoms with E-state index in [0.29, 0.717) is 6.04 Å². The molecule has 1 nitrogen and oxygen atoms in total. The molecule has 2 aliphatic carbocycles. The molecule has 1 saturated carbocycles. The molecule has 0 bridgehead atoms. The van der Waals surface area contributed by atoms with E-state index in [-0.39, 0.29) is 10.8 Å². The van der Waals surface area contributed by atoms with Gasteiger partial charge in [0.25, 0.3) is 0 Å². The topological polar surface area (TPSA) is 3.24 Å². The summed E-state index contributed by atoms with van der Waals surface area (Å²) in [7, 11) is 0. The Morgan fingerprint density at radius 1 is 0.867 bits per heavy atom. The molecule has 3 aromatic rings. The number of fused-ring (bicyclic) bond motifs is 6. The zero-order valence-electron chi connectivity index (χ0n) is 28.7. The van der Waals surface area contributed by atoms with Crippen molar-refractivity contribution in [3.8, 4) is 0 Å². The number of benzene rings is 3. The largest absolute Gasteiger partial charge is 0.364 e. The average Bonchev–Trinajstić information content (AvgIpc) is 3.81. The predicted octanol–water partition coefficient (Wildman–Crippen LogP) is 12.1. The van der Waals surface area contributed by atoms with Gasteiger partial charge in [0.05, 0.1) is 6.04 Å². The van der Waals surface area contributed by atoms with E-state index in [0.717, 1.165) is 24.8 Å². The number of allylic oxidation sites excluding steroid dienone is 9. The number of anilines is 1. The molecule has 0 radical (unpaired) electrons. The lowest BCUT2D eigenvalue weighted by Gasteiger charge is -2.36. The van der Waals surface area contributed by atoms with Crippen LogP contribution in [0, 0.1) is 11.3 Å². The van der Waals surface area contributed by atoms with E-state index in [1.165, 1.54) is 58.8 Å². The van der Waals surface area contributed by atoms with E-state index in [1.54, 1.807) is 16.7 Å². The summed E-state index contributed by atoms with van der Waals surface area (Å²) < 4.78 is 0. The van der Waals surface area contributed by atoms with Crippen LogP contribution in [0.2, 0.25) is 0 Å². The molecule has 1 fully saturated rings. The highest BCUT2D eigenvalue weighted by atomic mass is 15.2. The van der Waals surface area contributed by atoms with Crippen LogP contribution in [0.5, 0.6) is 0 Å². The molecule has 0 aromatic heterocycles. The molecule has 0 amide bonds. The normalized spacial score (nSPS) is 22.6. The van der Waals surface area contributed by atoms with Gasteiger partial charge < -0.3 is 4.90 Å². The van der Waals surface area contributed by atoms with Gasteiger partial charge in [-0.15, -0.1) is 0 Å². The minimum atomic E-state index is -0.00331. The fourth-order valence-electron chi connectivity index (χ4n) is 8.42. The average molecular weight is 596 g/mol. The Kier molecular flexibility index (Phi) is 8.84. The van der Waals surface area contributed by atoms with E-state index >= 15 is 0 Å². The first-order chi connectivity index (χ1) is 21.7. The van der Waals surface area contributed by atoms with Gasteiger partial charge >= 0.3 is 0 Å². The number of nitrogens with zero attached hydrogens (tertiary/aromatic N) is 1. The standard InChI is InChI=1S/C44H53N/c1-8-10-22-36-38-30-37(38)34-24-18-19-25-35(34)41(36)43(4,5)31(3)20-14-12-11-13-15-26-40-44(6,7)42-33-23-17-16-21-32(33)27-28-39(42)45(40)29-9-2/h11-21,23-28,37-38,40H,8-10,22,29-30H2,1-7H3/b13-11+,14-12+,26-15+,31-20-. The summed E-state index contributed by atoms with van der Waals surface area (Å²) in [5.41, 5.74) is 10.8. The second-order valence-electron chi connectivity index (χ2n) is 14.7. The third-order valence-electron chi connectivity index (χ3n) is 11.1. The molecule has 45 heavy (non-hydrogen) atoms. The van der Waals surface area contributed by atoms with Gasteiger partial charge in [-0.3, -0.25) is 0 Å². The summed E-state index contributed by atoms with van der Waals surface area (Å²) in [5.74, 6) is 1.52. The lowest BCUT2D eigenvalue weighted by Crippen LogP contribution is -2.40. The number of hydrogen-bond acceptors (Lipinski definition) is 1. The zero-order chi connectivity index (χ0) is 31.8. The van der Waals surface area contributed by atoms with Crippen molar-refractivity contribution in [1.29, 1.82) is 0 Å². The summed E-state index contributed by atoms with van der Waals surface area (Å²) >= 11 is 0. The van der Waals surface area contributed by atoms with Crippen LogP contribution >= 0.6 is 0 Å². The molecule has 3 unspecified atom stereocenters. The van der Waals surface area contributed by atoms with Gasteiger partial charge in [0, 0.05) is 23.1 Å². The second-order valence-corrected chi connectivity index (χ2v) is 14.7. The summed E-state index contributed by atoms with van der Waals surface area (Å²) in [5, 5.41) is 2.72. The first-order valence-electron chi connectivity index (χ1n) is 17.5. The molecule has 0 N–H and O–H groups in total. The molecule has 0 spiro atoms. The van der Waals surface area contributed by atoms with Crippen LogP contribution in [0.15, 0.2) is 114 Å². The monoisotopic (exact) mass is 595 g/mol. The zero-order valence-corrected chi connectivity index (χ0v) is 28.7. The number of unbranched alkanes of at least 4 members (excludes halogenated alkanes) is 1. The Bertz CT molecular complexity index is 1700. The lowest BCUT2D eigenvalue weighted by atomic mass is 9.68. The molecule has 6 rings (SSSR count). The molecule has 3 atom stereocenters. The molecule has 0 saturated heterocycles. The molecule has 1 aliphatic heterocycles. The maximum absolute atomic E-state index is 2.62. The van der Waals surface area contributed by atoms with E-state index < -0.39 is 0 Å². The van der Waals surface area contributed by atoms with Crippen molar-refractivity contribution in [2.24, 2.45) is 11.3 Å². The fraction of sp³-hybridized carbons (Fsp3) is 0.409. The van der Waals surface area contributed by atoms with Gasteiger partial charge in [-0.2, -0.15) is 0 Å². The summed E-state index contributed by atoms with van der Waals surface area (Å²) in [4.78, 5) is 2.62. The van der Waals surface area contributed by atoms with Crippen LogP contribution in [-0.2, 0) is 5.41 Å². The van der Waals surface area contributed by atoms with Crippen molar-refractivity contribution in [3.05, 3.63) is 131 Å². The quantitative estimate of drug-likeness (QED) is 0.199. The SMILES string of the molecule is CCCCC1=C(C(C)(C)\C(C)=C/C=C/C=C/C=C/C2N(CCC)c3ccc4ccccc4c3C2(C)C)c2ccccc2C2CC12. The van der Waals surface area contributed by atoms with Crippen molar-refractivity contribution in [1.82, 2.24) is 0 Å². The Labute approximate surface area is 273 Å². The van der Waals surface area contributed by atoms with Crippen molar-refractivity contribution in [3.63, 3.8) is 0 Å². The highest BCUT2D eigenvalue weighted by molar-refractivity contribution is 5.93. The van der Waals surface area contributed by atoms with Crippen LogP contribution in [0.4, 0.5) is 5.69 Å². The fourth-order valence-corrected chi connectivity index (χ4v) is 8.42. The van der Waals surface area contributed by atoms with Gasteiger partial charge in [0.15, 0.2) is 0 Å². The first-order valence-corrected chi connectivity index (χ1v) is 17.5. The van der Waals surface area contributed by atoms with Gasteiger partial charge in [-0.25, -0.2) is 0 Å². The summed E-state index contributed by atoms with van der Waals surface area (Å²) in [6.07, 6.45) is 22.1. The van der Waals surface area contributed by atoms with Crippen molar-refractivity contribution in [2.45, 2.75) is 97.9 Å². The van der Waals surface area contributed by atoms with Crippen LogP contribution in [0.3, 0.4) is 0 Å². The van der Waals surface area contributed by atoms with Gasteiger partial charge in [-0.05, 0) is 83.5 Å². The van der Waals surface area contributed by atoms with Crippen LogP contribution in [0.25, 0.3) is 16.3 Å². The van der Waals surface area contributed by atoms with Gasteiger partial charge in [0.1, 0.15) is 0 Å². The maximum atomic E-state index is 2.62. The number of rotatable bonds is 11. The maximum Gasteiger partial charge on any atom is 0.0568 e. The highest BCUT2D eigenvalue weighted by Crippen LogP contribution is 2.63. The van der Waals surface area contributed by atoms with Crippen molar-refractivity contribution < 1.29 is 0 Å². The third-order valence-corrected chi connectivity index (χ3v) is 11.1. The lowest BCUT2D eigenvalue weighted by molar-refractivity contribution is 0.476. The summed E-state index contributed by atoms with van der Waals surface area (Å²) in [6, 6.07) is 23.1. The van der Waals surface area contributed by atoms with E-state index in [9.17, 15) is 0 Å². The molecular formula is C44H53N. The molecule has 3 aliphatic rings. The van der Waals surface area contributed by atoms with Gasteiger partial charge in [0.2, 0.25) is 0 Å². The molecular weight excluding hydrogens is 542 g/mol.